The first kappa shape index (κ1) is 15.7. The molecular formula is C9H7Cl2KO3. The SMILES string of the molecule is C[C@H](Oc1ccc(Cl)cc1Cl)C(=O)[O-].[K+]. The summed E-state index contributed by atoms with van der Waals surface area (Å²) >= 11 is 11.4. The van der Waals surface area contributed by atoms with Crippen LogP contribution in [0.3, 0.4) is 0 Å². The summed E-state index contributed by atoms with van der Waals surface area (Å²) in [6, 6.07) is 4.54. The summed E-state index contributed by atoms with van der Waals surface area (Å²) in [6.45, 7) is 1.36. The van der Waals surface area contributed by atoms with Crippen molar-refractivity contribution in [3.63, 3.8) is 0 Å². The third kappa shape index (κ3) is 5.04. The molecule has 1 aromatic carbocycles. The van der Waals surface area contributed by atoms with Gasteiger partial charge in [0, 0.05) is 5.02 Å². The maximum atomic E-state index is 10.4. The molecule has 0 unspecified atom stereocenters. The van der Waals surface area contributed by atoms with Crippen molar-refractivity contribution in [2.75, 3.05) is 0 Å². The van der Waals surface area contributed by atoms with E-state index in [2.05, 4.69) is 0 Å². The maximum absolute atomic E-state index is 10.4. The number of carboxylic acid groups (broad SMARTS) is 1. The Morgan fingerprint density at radius 1 is 1.47 bits per heavy atom. The van der Waals surface area contributed by atoms with Crippen LogP contribution in [0.4, 0.5) is 0 Å². The van der Waals surface area contributed by atoms with Gasteiger partial charge < -0.3 is 14.6 Å². The first-order valence-corrected chi connectivity index (χ1v) is 4.59. The number of aliphatic carboxylic acids is 1. The molecule has 0 aliphatic heterocycles. The number of rotatable bonds is 3. The summed E-state index contributed by atoms with van der Waals surface area (Å²) in [5, 5.41) is 11.1. The average Bonchev–Trinajstić information content (AvgIpc) is 2.09. The molecule has 1 atom stereocenters. The van der Waals surface area contributed by atoms with Crippen LogP contribution in [0.15, 0.2) is 18.2 Å². The normalized spacial score (nSPS) is 11.4. The number of carbonyl (C=O) groups excluding carboxylic acids is 1. The Kier molecular flexibility index (Phi) is 7.45. The summed E-state index contributed by atoms with van der Waals surface area (Å²) < 4.78 is 5.01. The van der Waals surface area contributed by atoms with Gasteiger partial charge in [0.2, 0.25) is 0 Å². The molecule has 1 rings (SSSR count). The minimum Gasteiger partial charge on any atom is -0.546 e. The fraction of sp³-hybridized carbons (Fsp3) is 0.222. The van der Waals surface area contributed by atoms with E-state index in [0.717, 1.165) is 0 Å². The summed E-state index contributed by atoms with van der Waals surface area (Å²) in [4.78, 5) is 10.4. The van der Waals surface area contributed by atoms with Crippen molar-refractivity contribution >= 4 is 29.2 Å². The van der Waals surface area contributed by atoms with Gasteiger partial charge in [-0.2, -0.15) is 0 Å². The number of carbonyl (C=O) groups is 1. The summed E-state index contributed by atoms with van der Waals surface area (Å²) in [7, 11) is 0. The Morgan fingerprint density at radius 2 is 2.07 bits per heavy atom. The fourth-order valence-electron chi connectivity index (χ4n) is 0.809. The smallest absolute Gasteiger partial charge is 0.546 e. The van der Waals surface area contributed by atoms with Gasteiger partial charge in [-0.15, -0.1) is 0 Å². The van der Waals surface area contributed by atoms with Crippen LogP contribution in [0.2, 0.25) is 10.0 Å². The van der Waals surface area contributed by atoms with Gasteiger partial charge in [0.15, 0.2) is 0 Å². The van der Waals surface area contributed by atoms with E-state index in [1.54, 1.807) is 6.07 Å². The van der Waals surface area contributed by atoms with Gasteiger partial charge in [0.1, 0.15) is 11.9 Å². The van der Waals surface area contributed by atoms with E-state index in [4.69, 9.17) is 27.9 Å². The number of hydrogen-bond donors (Lipinski definition) is 0. The van der Waals surface area contributed by atoms with Gasteiger partial charge in [-0.1, -0.05) is 23.2 Å². The third-order valence-electron chi connectivity index (χ3n) is 1.53. The Balaban J connectivity index is 0.00000196. The quantitative estimate of drug-likeness (QED) is 0.631. The van der Waals surface area contributed by atoms with E-state index in [-0.39, 0.29) is 62.2 Å². The van der Waals surface area contributed by atoms with Crippen molar-refractivity contribution in [1.82, 2.24) is 0 Å². The summed E-state index contributed by atoms with van der Waals surface area (Å²) in [6.07, 6.45) is -1.05. The minimum atomic E-state index is -1.30. The van der Waals surface area contributed by atoms with E-state index < -0.39 is 12.1 Å². The van der Waals surface area contributed by atoms with E-state index in [1.807, 2.05) is 0 Å². The average molecular weight is 273 g/mol. The van der Waals surface area contributed by atoms with E-state index in [1.165, 1.54) is 19.1 Å². The molecule has 0 spiro atoms. The Labute approximate surface area is 140 Å². The number of benzene rings is 1. The van der Waals surface area contributed by atoms with E-state index >= 15 is 0 Å². The fourth-order valence-corrected chi connectivity index (χ4v) is 1.26. The second-order valence-corrected chi connectivity index (χ2v) is 3.50. The molecule has 0 heterocycles. The monoisotopic (exact) mass is 272 g/mol. The molecule has 0 amide bonds. The van der Waals surface area contributed by atoms with Crippen LogP contribution in [0.5, 0.6) is 5.75 Å². The second-order valence-electron chi connectivity index (χ2n) is 2.65. The van der Waals surface area contributed by atoms with Gasteiger partial charge in [-0.25, -0.2) is 0 Å². The molecule has 15 heavy (non-hydrogen) atoms. The Hall–Kier alpha value is 0.706. The number of ether oxygens (including phenoxy) is 1. The van der Waals surface area contributed by atoms with Crippen molar-refractivity contribution in [3.8, 4) is 5.75 Å². The van der Waals surface area contributed by atoms with Crippen molar-refractivity contribution in [3.05, 3.63) is 28.2 Å². The van der Waals surface area contributed by atoms with Crippen molar-refractivity contribution in [2.24, 2.45) is 0 Å². The molecule has 0 radical (unpaired) electrons. The van der Waals surface area contributed by atoms with Gasteiger partial charge in [0.05, 0.1) is 11.0 Å². The molecule has 6 heteroatoms. The Morgan fingerprint density at radius 3 is 2.53 bits per heavy atom. The van der Waals surface area contributed by atoms with Crippen LogP contribution in [0.1, 0.15) is 6.92 Å². The van der Waals surface area contributed by atoms with Gasteiger partial charge in [-0.05, 0) is 25.1 Å². The third-order valence-corrected chi connectivity index (χ3v) is 2.06. The Bertz CT molecular complexity index is 357. The molecular weight excluding hydrogens is 266 g/mol. The van der Waals surface area contributed by atoms with Crippen LogP contribution in [-0.2, 0) is 4.79 Å². The summed E-state index contributed by atoms with van der Waals surface area (Å²) in [5.74, 6) is -1.02. The van der Waals surface area contributed by atoms with Gasteiger partial charge >= 0.3 is 51.4 Å². The molecule has 3 nitrogen and oxygen atoms in total. The van der Waals surface area contributed by atoms with Crippen LogP contribution >= 0.6 is 23.2 Å². The van der Waals surface area contributed by atoms with Crippen molar-refractivity contribution in [1.29, 1.82) is 0 Å². The molecule has 0 fully saturated rings. The predicted molar refractivity (Wildman–Crippen MR) is 51.6 cm³/mol. The van der Waals surface area contributed by atoms with Crippen LogP contribution in [0.25, 0.3) is 0 Å². The molecule has 76 valence electrons. The van der Waals surface area contributed by atoms with Crippen molar-refractivity contribution < 1.29 is 66.0 Å². The van der Waals surface area contributed by atoms with E-state index in [9.17, 15) is 9.90 Å². The zero-order valence-electron chi connectivity index (χ0n) is 8.29. The van der Waals surface area contributed by atoms with Crippen LogP contribution < -0.4 is 61.2 Å². The van der Waals surface area contributed by atoms with Crippen LogP contribution in [0, 0.1) is 0 Å². The van der Waals surface area contributed by atoms with Gasteiger partial charge in [0.25, 0.3) is 0 Å². The second kappa shape index (κ2) is 7.11. The molecule has 0 aliphatic rings. The largest absolute Gasteiger partial charge is 1.00 e. The molecule has 0 saturated carbocycles. The van der Waals surface area contributed by atoms with Crippen LogP contribution in [-0.4, -0.2) is 12.1 Å². The number of hydrogen-bond acceptors (Lipinski definition) is 3. The molecule has 0 aromatic heterocycles. The predicted octanol–water partition coefficient (Wildman–Crippen LogP) is -1.49. The number of halogens is 2. The number of carboxylic acids is 1. The minimum absolute atomic E-state index is 0. The topological polar surface area (TPSA) is 49.4 Å². The van der Waals surface area contributed by atoms with Crippen molar-refractivity contribution in [2.45, 2.75) is 13.0 Å². The van der Waals surface area contributed by atoms with Gasteiger partial charge in [-0.3, -0.25) is 0 Å². The molecule has 0 saturated heterocycles. The van der Waals surface area contributed by atoms with E-state index in [0.29, 0.717) is 5.02 Å². The molecule has 0 bridgehead atoms. The zero-order valence-corrected chi connectivity index (χ0v) is 12.9. The molecule has 0 aliphatic carbocycles. The summed E-state index contributed by atoms with van der Waals surface area (Å²) in [5.41, 5.74) is 0. The molecule has 1 aromatic rings. The zero-order chi connectivity index (χ0) is 10.7. The standard InChI is InChI=1S/C9H8Cl2O3.K/c1-5(9(12)13)14-8-3-2-6(10)4-7(8)11;/h2-5H,1H3,(H,12,13);/q;+1/p-1/t5-;/m0./s1. The molecule has 0 N–H and O–H groups in total. The maximum Gasteiger partial charge on any atom is 1.00 e. The first-order chi connectivity index (χ1) is 6.50. The first-order valence-electron chi connectivity index (χ1n) is 3.83.